The molecule has 0 unspecified atom stereocenters. The Kier molecular flexibility index (Phi) is 6.97. The van der Waals surface area contributed by atoms with Crippen LogP contribution in [-0.2, 0) is 22.9 Å². The summed E-state index contributed by atoms with van der Waals surface area (Å²) in [6.45, 7) is 1.49. The molecule has 4 N–H and O–H groups in total. The summed E-state index contributed by atoms with van der Waals surface area (Å²) in [6, 6.07) is 16.9. The number of hydrogen-bond acceptors (Lipinski definition) is 3. The van der Waals surface area contributed by atoms with Gasteiger partial charge in [-0.05, 0) is 36.1 Å². The smallest absolute Gasteiger partial charge is 0.238 e. The minimum Gasteiger partial charge on any atom is -0.356 e. The van der Waals surface area contributed by atoms with E-state index in [1.54, 1.807) is 19.2 Å². The van der Waals surface area contributed by atoms with Crippen LogP contribution in [0.5, 0.6) is 0 Å². The van der Waals surface area contributed by atoms with Crippen molar-refractivity contribution in [1.29, 1.82) is 0 Å². The number of nitrogens with two attached hydrogens (primary N) is 1. The third-order valence-electron chi connectivity index (χ3n) is 3.73. The molecule has 0 saturated heterocycles. The molecule has 2 rings (SSSR count). The molecule has 0 amide bonds. The maximum absolute atomic E-state index is 11.2. The predicted octanol–water partition coefficient (Wildman–Crippen LogP) is 1.28. The lowest BCUT2D eigenvalue weighted by atomic mass is 10.1. The first-order chi connectivity index (χ1) is 12.0. The molecule has 0 aliphatic rings. The van der Waals surface area contributed by atoms with E-state index in [1.165, 1.54) is 17.7 Å². The average molecular weight is 360 g/mol. The van der Waals surface area contributed by atoms with Gasteiger partial charge in [-0.25, -0.2) is 13.6 Å². The number of rotatable bonds is 7. The van der Waals surface area contributed by atoms with Gasteiger partial charge in [0, 0.05) is 20.1 Å². The van der Waals surface area contributed by atoms with Crippen LogP contribution < -0.4 is 15.8 Å². The highest BCUT2D eigenvalue weighted by Crippen LogP contribution is 2.08. The molecule has 0 aromatic heterocycles. The molecule has 2 aromatic rings. The van der Waals surface area contributed by atoms with Crippen molar-refractivity contribution in [3.63, 3.8) is 0 Å². The second-order valence-corrected chi connectivity index (χ2v) is 7.16. The van der Waals surface area contributed by atoms with Crippen LogP contribution in [0.15, 0.2) is 64.5 Å². The molecule has 2 aromatic carbocycles. The van der Waals surface area contributed by atoms with Gasteiger partial charge in [0.2, 0.25) is 10.0 Å². The van der Waals surface area contributed by atoms with Crippen molar-refractivity contribution < 1.29 is 8.42 Å². The number of sulfonamides is 1. The maximum atomic E-state index is 11.2. The van der Waals surface area contributed by atoms with Crippen LogP contribution in [0, 0.1) is 0 Å². The summed E-state index contributed by atoms with van der Waals surface area (Å²) in [5.41, 5.74) is 2.31. The Bertz CT molecular complexity index is 788. The van der Waals surface area contributed by atoms with Crippen LogP contribution in [0.2, 0.25) is 0 Å². The van der Waals surface area contributed by atoms with Gasteiger partial charge >= 0.3 is 0 Å². The fourth-order valence-electron chi connectivity index (χ4n) is 2.36. The van der Waals surface area contributed by atoms with Crippen molar-refractivity contribution in [3.05, 3.63) is 65.7 Å². The molecule has 0 aliphatic heterocycles. The minimum absolute atomic E-state index is 0.127. The Labute approximate surface area is 149 Å². The quantitative estimate of drug-likeness (QED) is 0.512. The van der Waals surface area contributed by atoms with Crippen molar-refractivity contribution in [3.8, 4) is 0 Å². The van der Waals surface area contributed by atoms with E-state index in [1.807, 2.05) is 18.2 Å². The van der Waals surface area contributed by atoms with Crippen molar-refractivity contribution in [1.82, 2.24) is 10.6 Å². The zero-order valence-corrected chi connectivity index (χ0v) is 15.1. The molecule has 25 heavy (non-hydrogen) atoms. The predicted molar refractivity (Wildman–Crippen MR) is 101 cm³/mol. The summed E-state index contributed by atoms with van der Waals surface area (Å²) in [5.74, 6) is 0.747. The highest BCUT2D eigenvalue weighted by Gasteiger charge is 2.06. The molecular formula is C18H24N4O2S. The van der Waals surface area contributed by atoms with Gasteiger partial charge in [0.15, 0.2) is 5.96 Å². The summed E-state index contributed by atoms with van der Waals surface area (Å²) in [5, 5.41) is 11.6. The van der Waals surface area contributed by atoms with Crippen LogP contribution in [-0.4, -0.2) is 34.5 Å². The third-order valence-corrected chi connectivity index (χ3v) is 4.66. The average Bonchev–Trinajstić information content (AvgIpc) is 2.61. The second-order valence-electron chi connectivity index (χ2n) is 5.60. The first-order valence-corrected chi connectivity index (χ1v) is 9.64. The van der Waals surface area contributed by atoms with Crippen molar-refractivity contribution in [2.24, 2.45) is 10.1 Å². The van der Waals surface area contributed by atoms with E-state index < -0.39 is 10.0 Å². The number of hydrogen-bond donors (Lipinski definition) is 3. The molecule has 0 aliphatic carbocycles. The number of guanidine groups is 1. The molecule has 7 heteroatoms. The van der Waals surface area contributed by atoms with Crippen molar-refractivity contribution in [2.75, 3.05) is 20.1 Å². The van der Waals surface area contributed by atoms with Gasteiger partial charge in [-0.2, -0.15) is 0 Å². The lowest BCUT2D eigenvalue weighted by Gasteiger charge is -2.12. The molecule has 0 fully saturated rings. The first-order valence-electron chi connectivity index (χ1n) is 8.09. The number of nitrogens with one attached hydrogen (secondary N) is 2. The van der Waals surface area contributed by atoms with E-state index >= 15 is 0 Å². The summed E-state index contributed by atoms with van der Waals surface area (Å²) < 4.78 is 22.5. The minimum atomic E-state index is -3.64. The lowest BCUT2D eigenvalue weighted by Crippen LogP contribution is -2.39. The fraction of sp³-hybridized carbons (Fsp3) is 0.278. The van der Waals surface area contributed by atoms with Crippen LogP contribution in [0.1, 0.15) is 11.1 Å². The topological polar surface area (TPSA) is 96.6 Å². The molecule has 0 atom stereocenters. The van der Waals surface area contributed by atoms with Gasteiger partial charge in [0.25, 0.3) is 0 Å². The summed E-state index contributed by atoms with van der Waals surface area (Å²) in [7, 11) is -1.90. The van der Waals surface area contributed by atoms with E-state index in [0.717, 1.165) is 30.9 Å². The molecule has 0 saturated carbocycles. The Hall–Kier alpha value is -2.38. The number of nitrogens with zero attached hydrogens (tertiary/aromatic N) is 1. The molecule has 0 radical (unpaired) electrons. The first kappa shape index (κ1) is 19.0. The summed E-state index contributed by atoms with van der Waals surface area (Å²) >= 11 is 0. The Morgan fingerprint density at radius 3 is 1.92 bits per heavy atom. The molecule has 0 bridgehead atoms. The molecule has 134 valence electrons. The fourth-order valence-corrected chi connectivity index (χ4v) is 2.88. The van der Waals surface area contributed by atoms with Crippen molar-refractivity contribution >= 4 is 16.0 Å². The van der Waals surface area contributed by atoms with Gasteiger partial charge in [-0.3, -0.25) is 4.99 Å². The summed E-state index contributed by atoms with van der Waals surface area (Å²) in [4.78, 5) is 4.32. The Balaban J connectivity index is 1.73. The summed E-state index contributed by atoms with van der Waals surface area (Å²) in [6.07, 6.45) is 1.68. The molecular weight excluding hydrogens is 336 g/mol. The largest absolute Gasteiger partial charge is 0.356 e. The van der Waals surface area contributed by atoms with E-state index in [0.29, 0.717) is 6.54 Å². The van der Waals surface area contributed by atoms with Gasteiger partial charge in [0.05, 0.1) is 4.90 Å². The molecule has 0 spiro atoms. The number of benzene rings is 2. The van der Waals surface area contributed by atoms with Crippen molar-refractivity contribution in [2.45, 2.75) is 17.7 Å². The molecule has 6 nitrogen and oxygen atoms in total. The Morgan fingerprint density at radius 1 is 0.920 bits per heavy atom. The molecule has 0 heterocycles. The van der Waals surface area contributed by atoms with E-state index in [4.69, 9.17) is 5.14 Å². The van der Waals surface area contributed by atoms with E-state index in [-0.39, 0.29) is 4.90 Å². The van der Waals surface area contributed by atoms with Gasteiger partial charge in [-0.1, -0.05) is 42.5 Å². The second kappa shape index (κ2) is 9.19. The zero-order valence-electron chi connectivity index (χ0n) is 14.3. The maximum Gasteiger partial charge on any atom is 0.238 e. The number of primary sulfonamides is 1. The highest BCUT2D eigenvalue weighted by atomic mass is 32.2. The van der Waals surface area contributed by atoms with E-state index in [2.05, 4.69) is 27.8 Å². The van der Waals surface area contributed by atoms with Crippen LogP contribution >= 0.6 is 0 Å². The van der Waals surface area contributed by atoms with Crippen LogP contribution in [0.4, 0.5) is 0 Å². The lowest BCUT2D eigenvalue weighted by molar-refractivity contribution is 0.598. The van der Waals surface area contributed by atoms with Gasteiger partial charge in [-0.15, -0.1) is 0 Å². The highest BCUT2D eigenvalue weighted by molar-refractivity contribution is 7.89. The number of aliphatic imine (C=N–C) groups is 1. The third kappa shape index (κ3) is 6.56. The Morgan fingerprint density at radius 2 is 1.44 bits per heavy atom. The zero-order chi connectivity index (χ0) is 18.1. The monoisotopic (exact) mass is 360 g/mol. The van der Waals surface area contributed by atoms with Crippen LogP contribution in [0.3, 0.4) is 0 Å². The normalized spacial score (nSPS) is 12.0. The van der Waals surface area contributed by atoms with E-state index in [9.17, 15) is 8.42 Å². The van der Waals surface area contributed by atoms with Gasteiger partial charge in [0.1, 0.15) is 0 Å². The standard InChI is InChI=1S/C18H24N4O2S/c1-20-18(21-13-11-15-5-3-2-4-6-15)22-14-12-16-7-9-17(10-8-16)25(19,23)24/h2-10H,11-14H2,1H3,(H2,19,23,24)(H2,20,21,22). The SMILES string of the molecule is CN=C(NCCc1ccccc1)NCCc1ccc(S(N)(=O)=O)cc1. The van der Waals surface area contributed by atoms with Gasteiger partial charge < -0.3 is 10.6 Å². The van der Waals surface area contributed by atoms with Crippen LogP contribution in [0.25, 0.3) is 0 Å².